The molecule has 0 aromatic carbocycles. The molecule has 0 saturated carbocycles. The molecule has 0 spiro atoms. The van der Waals surface area contributed by atoms with Crippen molar-refractivity contribution in [3.63, 3.8) is 0 Å². The summed E-state index contributed by atoms with van der Waals surface area (Å²) in [6, 6.07) is 0. The summed E-state index contributed by atoms with van der Waals surface area (Å²) in [6.45, 7) is 2.25. The largest absolute Gasteiger partial charge is 0.379 e. The first-order valence-electron chi connectivity index (χ1n) is 9.89. The van der Waals surface area contributed by atoms with Crippen LogP contribution in [0.25, 0.3) is 0 Å². The second-order valence-corrected chi connectivity index (χ2v) is 7.19. The van der Waals surface area contributed by atoms with Crippen molar-refractivity contribution in [1.82, 2.24) is 0 Å². The minimum atomic E-state index is -0.216. The molecule has 0 bridgehead atoms. The van der Waals surface area contributed by atoms with Crippen LogP contribution in [-0.4, -0.2) is 31.7 Å². The smallest absolute Gasteiger partial charge is 0.221 e. The zero-order chi connectivity index (χ0) is 18.0. The van der Waals surface area contributed by atoms with Crippen molar-refractivity contribution in [2.24, 2.45) is 0 Å². The molecule has 2 atom stereocenters. The molecule has 0 fully saturated rings. The Hall–Kier alpha value is -0.120. The van der Waals surface area contributed by atoms with Gasteiger partial charge in [-0.1, -0.05) is 71.1 Å². The lowest BCUT2D eigenvalue weighted by Crippen LogP contribution is -2.30. The summed E-state index contributed by atoms with van der Waals surface area (Å²) in [6.07, 6.45) is 16.5. The standard InChI is InChI=1S/C20H39ClO3/c1-4-5-6-7-9-12-15-18(23-2)19(24-3)16-13-10-8-11-14-17-20(21)22/h18-19H,4-17H2,1-3H3. The van der Waals surface area contributed by atoms with Gasteiger partial charge in [0.25, 0.3) is 0 Å². The third-order valence-corrected chi connectivity index (χ3v) is 4.91. The zero-order valence-corrected chi connectivity index (χ0v) is 16.9. The predicted octanol–water partition coefficient (Wildman–Crippen LogP) is 6.26. The lowest BCUT2D eigenvalue weighted by Gasteiger charge is -2.25. The molecule has 0 N–H and O–H groups in total. The van der Waals surface area contributed by atoms with Gasteiger partial charge in [0, 0.05) is 20.6 Å². The first-order chi connectivity index (χ1) is 11.7. The van der Waals surface area contributed by atoms with Crippen LogP contribution >= 0.6 is 11.6 Å². The van der Waals surface area contributed by atoms with E-state index in [1.54, 1.807) is 14.2 Å². The van der Waals surface area contributed by atoms with Crippen LogP contribution < -0.4 is 0 Å². The Morgan fingerprint density at radius 2 is 1.17 bits per heavy atom. The average Bonchev–Trinajstić information content (AvgIpc) is 2.57. The zero-order valence-electron chi connectivity index (χ0n) is 16.2. The second kappa shape index (κ2) is 17.7. The van der Waals surface area contributed by atoms with E-state index in [2.05, 4.69) is 6.92 Å². The molecular formula is C20H39ClO3. The van der Waals surface area contributed by atoms with E-state index in [1.165, 1.54) is 44.9 Å². The predicted molar refractivity (Wildman–Crippen MR) is 103 cm³/mol. The van der Waals surface area contributed by atoms with Gasteiger partial charge in [-0.15, -0.1) is 0 Å². The van der Waals surface area contributed by atoms with Gasteiger partial charge in [-0.25, -0.2) is 0 Å². The Morgan fingerprint density at radius 3 is 1.58 bits per heavy atom. The number of unbranched alkanes of at least 4 members (excludes halogenated alkanes) is 9. The van der Waals surface area contributed by atoms with Gasteiger partial charge in [-0.05, 0) is 30.9 Å². The molecule has 0 aliphatic rings. The van der Waals surface area contributed by atoms with Gasteiger partial charge < -0.3 is 9.47 Å². The Balaban J connectivity index is 3.75. The fourth-order valence-corrected chi connectivity index (χ4v) is 3.31. The topological polar surface area (TPSA) is 35.5 Å². The number of methoxy groups -OCH3 is 2. The quantitative estimate of drug-likeness (QED) is 0.213. The van der Waals surface area contributed by atoms with Crippen LogP contribution in [0.1, 0.15) is 96.8 Å². The van der Waals surface area contributed by atoms with Crippen molar-refractivity contribution in [3.05, 3.63) is 0 Å². The molecular weight excluding hydrogens is 324 g/mol. The maximum Gasteiger partial charge on any atom is 0.221 e. The van der Waals surface area contributed by atoms with Gasteiger partial charge in [-0.3, -0.25) is 4.79 Å². The molecule has 0 aliphatic carbocycles. The van der Waals surface area contributed by atoms with Crippen molar-refractivity contribution in [1.29, 1.82) is 0 Å². The lowest BCUT2D eigenvalue weighted by molar-refractivity contribution is -0.111. The van der Waals surface area contributed by atoms with E-state index in [-0.39, 0.29) is 17.5 Å². The van der Waals surface area contributed by atoms with E-state index < -0.39 is 0 Å². The molecule has 0 rings (SSSR count). The normalized spacial score (nSPS) is 13.8. The summed E-state index contributed by atoms with van der Waals surface area (Å²) in [5.74, 6) is 0. The van der Waals surface area contributed by atoms with E-state index in [0.717, 1.165) is 38.5 Å². The highest BCUT2D eigenvalue weighted by atomic mass is 35.5. The highest BCUT2D eigenvalue weighted by Gasteiger charge is 2.20. The number of halogens is 1. The van der Waals surface area contributed by atoms with Gasteiger partial charge in [0.15, 0.2) is 0 Å². The molecule has 3 nitrogen and oxygen atoms in total. The van der Waals surface area contributed by atoms with Crippen molar-refractivity contribution in [3.8, 4) is 0 Å². The number of hydrogen-bond donors (Lipinski definition) is 0. The average molecular weight is 363 g/mol. The molecule has 0 aromatic rings. The molecule has 2 unspecified atom stereocenters. The number of hydrogen-bond acceptors (Lipinski definition) is 3. The molecule has 144 valence electrons. The third kappa shape index (κ3) is 14.2. The highest BCUT2D eigenvalue weighted by Crippen LogP contribution is 2.19. The Morgan fingerprint density at radius 1 is 0.750 bits per heavy atom. The molecule has 0 radical (unpaired) electrons. The lowest BCUT2D eigenvalue weighted by atomic mass is 9.99. The molecule has 0 aliphatic heterocycles. The molecule has 0 saturated heterocycles. The first kappa shape index (κ1) is 23.9. The number of carbonyl (C=O) groups excluding carboxylic acids is 1. The van der Waals surface area contributed by atoms with E-state index in [1.807, 2.05) is 0 Å². The highest BCUT2D eigenvalue weighted by molar-refractivity contribution is 6.63. The minimum absolute atomic E-state index is 0.204. The van der Waals surface area contributed by atoms with Crippen LogP contribution in [0.4, 0.5) is 0 Å². The maximum atomic E-state index is 10.7. The SMILES string of the molecule is CCCCCCCCC(OC)C(CCCCCCCC(=O)Cl)OC. The number of carbonyl (C=O) groups is 1. The van der Waals surface area contributed by atoms with Crippen LogP contribution in [0, 0.1) is 0 Å². The van der Waals surface area contributed by atoms with Gasteiger partial charge in [0.1, 0.15) is 0 Å². The van der Waals surface area contributed by atoms with E-state index in [9.17, 15) is 4.79 Å². The molecule has 4 heteroatoms. The molecule has 0 amide bonds. The van der Waals surface area contributed by atoms with Crippen LogP contribution in [0.15, 0.2) is 0 Å². The van der Waals surface area contributed by atoms with E-state index >= 15 is 0 Å². The van der Waals surface area contributed by atoms with Crippen molar-refractivity contribution < 1.29 is 14.3 Å². The minimum Gasteiger partial charge on any atom is -0.379 e. The third-order valence-electron chi connectivity index (χ3n) is 4.72. The molecule has 0 aromatic heterocycles. The number of ether oxygens (including phenoxy) is 2. The fraction of sp³-hybridized carbons (Fsp3) is 0.950. The van der Waals surface area contributed by atoms with Crippen molar-refractivity contribution in [2.45, 2.75) is 109 Å². The maximum absolute atomic E-state index is 10.7. The monoisotopic (exact) mass is 362 g/mol. The summed E-state index contributed by atoms with van der Waals surface area (Å²) in [5.41, 5.74) is 0. The fourth-order valence-electron chi connectivity index (χ4n) is 3.18. The Kier molecular flexibility index (Phi) is 17.6. The van der Waals surface area contributed by atoms with Crippen LogP contribution in [-0.2, 0) is 14.3 Å². The number of rotatable bonds is 18. The van der Waals surface area contributed by atoms with Gasteiger partial charge in [0.2, 0.25) is 5.24 Å². The summed E-state index contributed by atoms with van der Waals surface area (Å²) in [7, 11) is 3.60. The summed E-state index contributed by atoms with van der Waals surface area (Å²) >= 11 is 5.34. The van der Waals surface area contributed by atoms with Crippen LogP contribution in [0.3, 0.4) is 0 Å². The van der Waals surface area contributed by atoms with E-state index in [0.29, 0.717) is 6.42 Å². The van der Waals surface area contributed by atoms with Gasteiger partial charge in [0.05, 0.1) is 12.2 Å². The molecule has 24 heavy (non-hydrogen) atoms. The van der Waals surface area contributed by atoms with Crippen LogP contribution in [0.5, 0.6) is 0 Å². The van der Waals surface area contributed by atoms with Crippen LogP contribution in [0.2, 0.25) is 0 Å². The van der Waals surface area contributed by atoms with E-state index in [4.69, 9.17) is 21.1 Å². The van der Waals surface area contributed by atoms with Crippen molar-refractivity contribution in [2.75, 3.05) is 14.2 Å². The summed E-state index contributed by atoms with van der Waals surface area (Å²) in [5, 5.41) is -0.216. The second-order valence-electron chi connectivity index (χ2n) is 6.77. The van der Waals surface area contributed by atoms with Crippen molar-refractivity contribution >= 4 is 16.8 Å². The Bertz CT molecular complexity index is 284. The molecule has 0 heterocycles. The first-order valence-corrected chi connectivity index (χ1v) is 10.3. The van der Waals surface area contributed by atoms with Gasteiger partial charge in [-0.2, -0.15) is 0 Å². The summed E-state index contributed by atoms with van der Waals surface area (Å²) < 4.78 is 11.3. The Labute approximate surface area is 154 Å². The van der Waals surface area contributed by atoms with Gasteiger partial charge >= 0.3 is 0 Å². The summed E-state index contributed by atoms with van der Waals surface area (Å²) in [4.78, 5) is 10.7.